The second-order valence-electron chi connectivity index (χ2n) is 2.75. The van der Waals surface area contributed by atoms with Gasteiger partial charge < -0.3 is 24.1 Å². The molecule has 0 amide bonds. The predicted molar refractivity (Wildman–Crippen MR) is 56.4 cm³/mol. The fourth-order valence-corrected chi connectivity index (χ4v) is 0.968. The van der Waals surface area contributed by atoms with E-state index in [1.54, 1.807) is 0 Å². The average molecular weight is 223 g/mol. The third kappa shape index (κ3) is 7.62. The molecule has 0 unspecified atom stereocenters. The number of unbranched alkanes of at least 4 members (excludes halogenated alkanes) is 1. The van der Waals surface area contributed by atoms with Gasteiger partial charge in [-0.15, -0.1) is 0 Å². The maximum Gasteiger partial charge on any atom is 2.00 e. The molecule has 0 spiro atoms. The molecule has 0 saturated carbocycles. The SMILES string of the molecule is [CH2-]CCCOCc1ccccc1.[Cl-].[Mg+2]. The number of halogens is 1. The molecule has 0 aliphatic rings. The molecule has 0 saturated heterocycles. The number of ether oxygens (including phenoxy) is 1. The van der Waals surface area contributed by atoms with Crippen LogP contribution in [-0.4, -0.2) is 29.7 Å². The Bertz CT molecular complexity index is 204. The summed E-state index contributed by atoms with van der Waals surface area (Å²) in [7, 11) is 0. The van der Waals surface area contributed by atoms with Gasteiger partial charge in [0.15, 0.2) is 0 Å². The zero-order chi connectivity index (χ0) is 8.65. The topological polar surface area (TPSA) is 9.23 Å². The van der Waals surface area contributed by atoms with Gasteiger partial charge in [0.2, 0.25) is 0 Å². The van der Waals surface area contributed by atoms with Gasteiger partial charge in [-0.1, -0.05) is 36.8 Å². The van der Waals surface area contributed by atoms with E-state index in [2.05, 4.69) is 19.1 Å². The Morgan fingerprint density at radius 1 is 1.14 bits per heavy atom. The molecule has 0 fully saturated rings. The Hall–Kier alpha value is 0.236. The van der Waals surface area contributed by atoms with Gasteiger partial charge >= 0.3 is 23.1 Å². The normalized spacial score (nSPS) is 8.64. The molecule has 0 heterocycles. The molecule has 0 aromatic heterocycles. The molecule has 14 heavy (non-hydrogen) atoms. The molecular formula is C11H15ClMgO. The maximum atomic E-state index is 5.42. The standard InChI is InChI=1S/C11H15O.ClH.Mg/c1-2-3-9-12-10-11-7-5-4-6-8-11;;/h4-8H,1-3,9-10H2;1H;/q-1;;+2/p-1. The third-order valence-electron chi connectivity index (χ3n) is 1.65. The quantitative estimate of drug-likeness (QED) is 0.369. The molecule has 3 heteroatoms. The summed E-state index contributed by atoms with van der Waals surface area (Å²) < 4.78 is 5.42. The van der Waals surface area contributed by atoms with Crippen LogP contribution in [0, 0.1) is 6.92 Å². The van der Waals surface area contributed by atoms with Crippen molar-refractivity contribution in [2.24, 2.45) is 0 Å². The molecule has 0 atom stereocenters. The predicted octanol–water partition coefficient (Wildman–Crippen LogP) is -0.559. The summed E-state index contributed by atoms with van der Waals surface area (Å²) in [6, 6.07) is 10.2. The van der Waals surface area contributed by atoms with Crippen LogP contribution in [-0.2, 0) is 11.3 Å². The fourth-order valence-electron chi connectivity index (χ4n) is 0.968. The molecule has 1 nitrogen and oxygen atoms in total. The first-order valence-corrected chi connectivity index (χ1v) is 4.34. The van der Waals surface area contributed by atoms with E-state index >= 15 is 0 Å². The Balaban J connectivity index is 0. The largest absolute Gasteiger partial charge is 2.00 e. The molecule has 0 aliphatic carbocycles. The van der Waals surface area contributed by atoms with Crippen molar-refractivity contribution in [1.82, 2.24) is 0 Å². The zero-order valence-corrected chi connectivity index (χ0v) is 10.6. The van der Waals surface area contributed by atoms with E-state index in [4.69, 9.17) is 4.74 Å². The first-order chi connectivity index (χ1) is 5.93. The van der Waals surface area contributed by atoms with Gasteiger partial charge in [0.25, 0.3) is 0 Å². The van der Waals surface area contributed by atoms with Crippen molar-refractivity contribution in [3.63, 3.8) is 0 Å². The number of hydrogen-bond acceptors (Lipinski definition) is 1. The minimum absolute atomic E-state index is 0. The van der Waals surface area contributed by atoms with Gasteiger partial charge in [-0.05, 0) is 5.56 Å². The van der Waals surface area contributed by atoms with Crippen molar-refractivity contribution in [2.75, 3.05) is 6.61 Å². The Morgan fingerprint density at radius 2 is 1.79 bits per heavy atom. The molecule has 0 bridgehead atoms. The summed E-state index contributed by atoms with van der Waals surface area (Å²) in [5.74, 6) is 0. The average Bonchev–Trinajstić information content (AvgIpc) is 2.14. The smallest absolute Gasteiger partial charge is 1.00 e. The van der Waals surface area contributed by atoms with Gasteiger partial charge in [0.05, 0.1) is 6.61 Å². The molecule has 0 radical (unpaired) electrons. The van der Waals surface area contributed by atoms with Gasteiger partial charge in [0.1, 0.15) is 0 Å². The van der Waals surface area contributed by atoms with Crippen LogP contribution in [0.4, 0.5) is 0 Å². The maximum absolute atomic E-state index is 5.42. The fraction of sp³-hybridized carbons (Fsp3) is 0.364. The Labute approximate surface area is 109 Å². The van der Waals surface area contributed by atoms with Crippen molar-refractivity contribution < 1.29 is 17.1 Å². The van der Waals surface area contributed by atoms with Crippen LogP contribution in [0.25, 0.3) is 0 Å². The minimum atomic E-state index is 0. The van der Waals surface area contributed by atoms with E-state index in [-0.39, 0.29) is 35.5 Å². The Morgan fingerprint density at radius 3 is 2.36 bits per heavy atom. The summed E-state index contributed by atoms with van der Waals surface area (Å²) in [5.41, 5.74) is 1.24. The zero-order valence-electron chi connectivity index (χ0n) is 8.42. The number of benzene rings is 1. The number of hydrogen-bond donors (Lipinski definition) is 0. The molecule has 1 rings (SSSR count). The number of rotatable bonds is 5. The summed E-state index contributed by atoms with van der Waals surface area (Å²) in [6.07, 6.45) is 2.00. The molecule has 1 aromatic rings. The van der Waals surface area contributed by atoms with Crippen molar-refractivity contribution in [3.8, 4) is 0 Å². The minimum Gasteiger partial charge on any atom is -1.00 e. The summed E-state index contributed by atoms with van der Waals surface area (Å²) in [4.78, 5) is 0. The van der Waals surface area contributed by atoms with Crippen molar-refractivity contribution in [3.05, 3.63) is 42.8 Å². The van der Waals surface area contributed by atoms with Gasteiger partial charge in [-0.2, -0.15) is 6.42 Å². The summed E-state index contributed by atoms with van der Waals surface area (Å²) in [5, 5.41) is 0. The monoisotopic (exact) mass is 222 g/mol. The van der Waals surface area contributed by atoms with Gasteiger partial charge in [-0.3, -0.25) is 0 Å². The molecule has 0 N–H and O–H groups in total. The summed E-state index contributed by atoms with van der Waals surface area (Å²) >= 11 is 0. The van der Waals surface area contributed by atoms with Crippen LogP contribution < -0.4 is 12.4 Å². The van der Waals surface area contributed by atoms with Crippen LogP contribution in [0.2, 0.25) is 0 Å². The Kier molecular flexibility index (Phi) is 13.5. The molecule has 1 aromatic carbocycles. The van der Waals surface area contributed by atoms with Crippen molar-refractivity contribution >= 4 is 23.1 Å². The molecular weight excluding hydrogens is 208 g/mol. The van der Waals surface area contributed by atoms with Crippen LogP contribution in [0.1, 0.15) is 18.4 Å². The third-order valence-corrected chi connectivity index (χ3v) is 1.65. The van der Waals surface area contributed by atoms with Crippen molar-refractivity contribution in [2.45, 2.75) is 19.4 Å². The second-order valence-corrected chi connectivity index (χ2v) is 2.75. The van der Waals surface area contributed by atoms with Crippen molar-refractivity contribution in [1.29, 1.82) is 0 Å². The van der Waals surface area contributed by atoms with Crippen LogP contribution >= 0.6 is 0 Å². The van der Waals surface area contributed by atoms with E-state index < -0.39 is 0 Å². The van der Waals surface area contributed by atoms with Crippen LogP contribution in [0.5, 0.6) is 0 Å². The first kappa shape index (κ1) is 16.7. The second kappa shape index (κ2) is 11.3. The summed E-state index contributed by atoms with van der Waals surface area (Å²) in [6.45, 7) is 5.29. The van der Waals surface area contributed by atoms with E-state index in [1.165, 1.54) is 5.56 Å². The first-order valence-electron chi connectivity index (χ1n) is 4.34. The van der Waals surface area contributed by atoms with Gasteiger partial charge in [0, 0.05) is 6.61 Å². The molecule has 74 valence electrons. The van der Waals surface area contributed by atoms with E-state index in [9.17, 15) is 0 Å². The molecule has 0 aliphatic heterocycles. The van der Waals surface area contributed by atoms with Gasteiger partial charge in [-0.25, -0.2) is 0 Å². The van der Waals surface area contributed by atoms with Crippen LogP contribution in [0.15, 0.2) is 30.3 Å². The van der Waals surface area contributed by atoms with E-state index in [0.29, 0.717) is 0 Å². The van der Waals surface area contributed by atoms with E-state index in [1.807, 2.05) is 18.2 Å². The van der Waals surface area contributed by atoms with Crippen LogP contribution in [0.3, 0.4) is 0 Å². The van der Waals surface area contributed by atoms with E-state index in [0.717, 1.165) is 26.1 Å².